The van der Waals surface area contributed by atoms with Crippen molar-refractivity contribution in [2.75, 3.05) is 7.11 Å². The molecule has 30 heavy (non-hydrogen) atoms. The summed E-state index contributed by atoms with van der Waals surface area (Å²) in [5, 5.41) is 0. The first kappa shape index (κ1) is 19.6. The molecule has 0 saturated carbocycles. The molecule has 2 amide bonds. The zero-order chi connectivity index (χ0) is 21.1. The van der Waals surface area contributed by atoms with E-state index in [-0.39, 0.29) is 11.9 Å². The molecule has 0 unspecified atom stereocenters. The summed E-state index contributed by atoms with van der Waals surface area (Å²) in [5.41, 5.74) is 9.07. The molecule has 0 radical (unpaired) electrons. The number of carbonyl (C=O) groups is 2. The first-order chi connectivity index (χ1) is 14.6. The van der Waals surface area contributed by atoms with Crippen molar-refractivity contribution in [3.05, 3.63) is 95.3 Å². The van der Waals surface area contributed by atoms with E-state index in [0.29, 0.717) is 23.3 Å². The minimum atomic E-state index is -0.902. The minimum absolute atomic E-state index is 0.281. The van der Waals surface area contributed by atoms with Crippen molar-refractivity contribution >= 4 is 11.8 Å². The Morgan fingerprint density at radius 1 is 1.13 bits per heavy atom. The lowest BCUT2D eigenvalue weighted by molar-refractivity contribution is -0.123. The number of fused-ring (bicyclic) bond motifs is 1. The van der Waals surface area contributed by atoms with Crippen LogP contribution in [-0.4, -0.2) is 28.8 Å². The van der Waals surface area contributed by atoms with E-state index in [9.17, 15) is 9.59 Å². The number of nitrogens with two attached hydrogens (primary N) is 1. The number of amides is 2. The van der Waals surface area contributed by atoms with Gasteiger partial charge in [-0.1, -0.05) is 36.4 Å². The van der Waals surface area contributed by atoms with Gasteiger partial charge in [0.05, 0.1) is 18.7 Å². The summed E-state index contributed by atoms with van der Waals surface area (Å²) in [6.07, 6.45) is 4.63. The van der Waals surface area contributed by atoms with Crippen molar-refractivity contribution in [2.24, 2.45) is 5.73 Å². The number of rotatable bonds is 6. The van der Waals surface area contributed by atoms with Crippen molar-refractivity contribution in [1.82, 2.24) is 9.88 Å². The fourth-order valence-corrected chi connectivity index (χ4v) is 4.15. The van der Waals surface area contributed by atoms with Crippen LogP contribution >= 0.6 is 0 Å². The molecule has 1 aromatic heterocycles. The lowest BCUT2D eigenvalue weighted by Crippen LogP contribution is -2.43. The number of primary amides is 1. The molecule has 152 valence electrons. The number of aromatic nitrogens is 1. The third-order valence-corrected chi connectivity index (χ3v) is 5.54. The fraction of sp³-hybridized carbons (Fsp3) is 0.208. The lowest BCUT2D eigenvalue weighted by Gasteiger charge is -2.36. The maximum Gasteiger partial charge on any atom is 0.256 e. The summed E-state index contributed by atoms with van der Waals surface area (Å²) >= 11 is 0. The van der Waals surface area contributed by atoms with Crippen molar-refractivity contribution in [1.29, 1.82) is 0 Å². The first-order valence-electron chi connectivity index (χ1n) is 9.84. The largest absolute Gasteiger partial charge is 0.497 e. The molecule has 0 fully saturated rings. The van der Waals surface area contributed by atoms with Crippen molar-refractivity contribution in [2.45, 2.75) is 24.9 Å². The highest BCUT2D eigenvalue weighted by molar-refractivity contribution is 5.97. The number of methoxy groups -OCH3 is 1. The second-order valence-corrected chi connectivity index (χ2v) is 7.29. The average molecular weight is 401 g/mol. The number of aryl methyl sites for hydroxylation is 1. The van der Waals surface area contributed by atoms with Gasteiger partial charge in [0.2, 0.25) is 5.91 Å². The maximum atomic E-state index is 13.7. The van der Waals surface area contributed by atoms with Crippen LogP contribution < -0.4 is 10.5 Å². The SMILES string of the molecule is COc1ccc2c(c1)[C@H](N(C(=O)c1cccnc1)[C@@H](C(N)=O)c1ccccc1)CC2. The van der Waals surface area contributed by atoms with E-state index in [0.717, 1.165) is 17.5 Å². The summed E-state index contributed by atoms with van der Waals surface area (Å²) in [6.45, 7) is 0. The van der Waals surface area contributed by atoms with Crippen LogP contribution in [0.25, 0.3) is 0 Å². The van der Waals surface area contributed by atoms with Crippen LogP contribution in [0.5, 0.6) is 5.75 Å². The highest BCUT2D eigenvalue weighted by Gasteiger charge is 2.39. The summed E-state index contributed by atoms with van der Waals surface area (Å²) in [4.78, 5) is 32.0. The van der Waals surface area contributed by atoms with E-state index in [1.165, 1.54) is 6.20 Å². The van der Waals surface area contributed by atoms with Gasteiger partial charge >= 0.3 is 0 Å². The number of ether oxygens (including phenoxy) is 1. The number of benzene rings is 2. The molecule has 0 spiro atoms. The van der Waals surface area contributed by atoms with Crippen LogP contribution in [0.3, 0.4) is 0 Å². The van der Waals surface area contributed by atoms with Crippen molar-refractivity contribution < 1.29 is 14.3 Å². The molecular weight excluding hydrogens is 378 g/mol. The zero-order valence-corrected chi connectivity index (χ0v) is 16.7. The van der Waals surface area contributed by atoms with Gasteiger partial charge in [0.1, 0.15) is 11.8 Å². The lowest BCUT2D eigenvalue weighted by atomic mass is 9.98. The van der Waals surface area contributed by atoms with Crippen LogP contribution in [0.1, 0.15) is 45.6 Å². The topological polar surface area (TPSA) is 85.5 Å². The van der Waals surface area contributed by atoms with Gasteiger partial charge in [0.15, 0.2) is 0 Å². The smallest absolute Gasteiger partial charge is 0.256 e. The summed E-state index contributed by atoms with van der Waals surface area (Å²) < 4.78 is 5.40. The van der Waals surface area contributed by atoms with Gasteiger partial charge in [-0.25, -0.2) is 0 Å². The van der Waals surface area contributed by atoms with Gasteiger partial charge in [0, 0.05) is 12.4 Å². The number of pyridine rings is 1. The molecule has 2 aromatic carbocycles. The molecule has 3 aromatic rings. The van der Waals surface area contributed by atoms with E-state index in [2.05, 4.69) is 4.98 Å². The van der Waals surface area contributed by atoms with E-state index >= 15 is 0 Å². The third-order valence-electron chi connectivity index (χ3n) is 5.54. The van der Waals surface area contributed by atoms with Crippen molar-refractivity contribution in [3.63, 3.8) is 0 Å². The molecule has 6 nitrogen and oxygen atoms in total. The Bertz CT molecular complexity index is 1050. The fourth-order valence-electron chi connectivity index (χ4n) is 4.15. The molecule has 1 heterocycles. The number of hydrogen-bond donors (Lipinski definition) is 1. The van der Waals surface area contributed by atoms with Crippen LogP contribution in [-0.2, 0) is 11.2 Å². The monoisotopic (exact) mass is 401 g/mol. The van der Waals surface area contributed by atoms with Crippen LogP contribution in [0.2, 0.25) is 0 Å². The van der Waals surface area contributed by atoms with Gasteiger partial charge in [-0.15, -0.1) is 0 Å². The Balaban J connectivity index is 1.85. The Morgan fingerprint density at radius 2 is 1.93 bits per heavy atom. The predicted molar refractivity (Wildman–Crippen MR) is 113 cm³/mol. The molecule has 0 bridgehead atoms. The van der Waals surface area contributed by atoms with E-state index in [1.54, 1.807) is 30.3 Å². The molecule has 6 heteroatoms. The third kappa shape index (κ3) is 3.64. The van der Waals surface area contributed by atoms with Gasteiger partial charge in [0.25, 0.3) is 5.91 Å². The van der Waals surface area contributed by atoms with Gasteiger partial charge in [-0.3, -0.25) is 14.6 Å². The molecule has 2 N–H and O–H groups in total. The standard InChI is InChI=1S/C24H23N3O3/c1-30-19-11-9-16-10-12-21(20(16)14-19)27(24(29)18-8-5-13-26-15-18)22(23(25)28)17-6-3-2-4-7-17/h2-9,11,13-15,21-22H,10,12H2,1H3,(H2,25,28)/t21-,22-/m1/s1. The molecule has 1 aliphatic carbocycles. The Labute approximate surface area is 175 Å². The molecule has 4 rings (SSSR count). The number of nitrogens with zero attached hydrogens (tertiary/aromatic N) is 2. The quantitative estimate of drug-likeness (QED) is 0.686. The molecule has 0 saturated heterocycles. The highest BCUT2D eigenvalue weighted by Crippen LogP contribution is 2.42. The van der Waals surface area contributed by atoms with E-state index < -0.39 is 11.9 Å². The second-order valence-electron chi connectivity index (χ2n) is 7.29. The minimum Gasteiger partial charge on any atom is -0.497 e. The summed E-state index contributed by atoms with van der Waals surface area (Å²) in [6, 6.07) is 17.3. The normalized spacial score (nSPS) is 15.8. The van der Waals surface area contributed by atoms with Crippen LogP contribution in [0.15, 0.2) is 73.1 Å². The summed E-state index contributed by atoms with van der Waals surface area (Å²) in [5.74, 6) is -0.143. The molecular formula is C24H23N3O3. The van der Waals surface area contributed by atoms with Crippen LogP contribution in [0, 0.1) is 0 Å². The molecule has 0 aliphatic heterocycles. The number of carbonyl (C=O) groups excluding carboxylic acids is 2. The highest BCUT2D eigenvalue weighted by atomic mass is 16.5. The number of hydrogen-bond acceptors (Lipinski definition) is 4. The van der Waals surface area contributed by atoms with Gasteiger partial charge in [-0.05, 0) is 53.8 Å². The van der Waals surface area contributed by atoms with Gasteiger partial charge in [-0.2, -0.15) is 0 Å². The molecule has 1 aliphatic rings. The maximum absolute atomic E-state index is 13.7. The Morgan fingerprint density at radius 3 is 2.60 bits per heavy atom. The first-order valence-corrected chi connectivity index (χ1v) is 9.84. The Hall–Kier alpha value is -3.67. The predicted octanol–water partition coefficient (Wildman–Crippen LogP) is 3.45. The van der Waals surface area contributed by atoms with Crippen LogP contribution in [0.4, 0.5) is 0 Å². The Kier molecular flexibility index (Phi) is 5.48. The van der Waals surface area contributed by atoms with E-state index in [1.807, 2.05) is 48.5 Å². The second kappa shape index (κ2) is 8.37. The summed E-state index contributed by atoms with van der Waals surface area (Å²) in [7, 11) is 1.61. The molecule has 2 atom stereocenters. The zero-order valence-electron chi connectivity index (χ0n) is 16.7. The van der Waals surface area contributed by atoms with Gasteiger partial charge < -0.3 is 15.4 Å². The average Bonchev–Trinajstić information content (AvgIpc) is 3.20. The van der Waals surface area contributed by atoms with E-state index in [4.69, 9.17) is 10.5 Å². The van der Waals surface area contributed by atoms with Crippen molar-refractivity contribution in [3.8, 4) is 5.75 Å².